The second kappa shape index (κ2) is 4.87. The van der Waals surface area contributed by atoms with Gasteiger partial charge in [-0.25, -0.2) is 4.98 Å². The van der Waals surface area contributed by atoms with Gasteiger partial charge < -0.3 is 4.42 Å². The summed E-state index contributed by atoms with van der Waals surface area (Å²) in [5.74, 6) is 0.552. The van der Waals surface area contributed by atoms with E-state index in [0.717, 1.165) is 22.4 Å². The van der Waals surface area contributed by atoms with Crippen molar-refractivity contribution >= 4 is 11.1 Å². The predicted octanol–water partition coefficient (Wildman–Crippen LogP) is 4.56. The van der Waals surface area contributed by atoms with Crippen LogP contribution in [0.4, 0.5) is 0 Å². The minimum Gasteiger partial charge on any atom is -0.435 e. The lowest BCUT2D eigenvalue weighted by atomic mass is 10.1. The Morgan fingerprint density at radius 3 is 2.43 bits per heavy atom. The third-order valence-corrected chi connectivity index (χ3v) is 3.38. The van der Waals surface area contributed by atoms with Crippen LogP contribution in [0.15, 0.2) is 77.3 Å². The van der Waals surface area contributed by atoms with E-state index in [4.69, 9.17) is 4.42 Å². The molecule has 0 saturated carbocycles. The van der Waals surface area contributed by atoms with E-state index in [1.807, 2.05) is 54.6 Å². The third-order valence-electron chi connectivity index (χ3n) is 3.38. The highest BCUT2D eigenvalue weighted by atomic mass is 16.3. The maximum absolute atomic E-state index is 5.77. The monoisotopic (exact) mass is 272 g/mol. The van der Waals surface area contributed by atoms with Gasteiger partial charge in [-0.1, -0.05) is 42.5 Å². The van der Waals surface area contributed by atoms with Crippen molar-refractivity contribution in [2.45, 2.75) is 0 Å². The Hall–Kier alpha value is -2.94. The number of benzene rings is 2. The average Bonchev–Trinajstić information content (AvgIpc) is 2.99. The minimum absolute atomic E-state index is 0.552. The third kappa shape index (κ3) is 2.19. The van der Waals surface area contributed by atoms with E-state index >= 15 is 0 Å². The van der Waals surface area contributed by atoms with Crippen molar-refractivity contribution in [3.05, 3.63) is 72.9 Å². The lowest BCUT2D eigenvalue weighted by Crippen LogP contribution is -1.80. The second-order valence-corrected chi connectivity index (χ2v) is 4.78. The fourth-order valence-corrected chi connectivity index (χ4v) is 2.34. The van der Waals surface area contributed by atoms with Gasteiger partial charge in [0.1, 0.15) is 11.2 Å². The largest absolute Gasteiger partial charge is 0.435 e. The molecule has 0 bridgehead atoms. The molecule has 0 amide bonds. The van der Waals surface area contributed by atoms with Gasteiger partial charge >= 0.3 is 0 Å². The van der Waals surface area contributed by atoms with Crippen LogP contribution in [-0.2, 0) is 0 Å². The van der Waals surface area contributed by atoms with Crippen LogP contribution in [0.3, 0.4) is 0 Å². The molecule has 3 nitrogen and oxygen atoms in total. The average molecular weight is 272 g/mol. The predicted molar refractivity (Wildman–Crippen MR) is 82.7 cm³/mol. The summed E-state index contributed by atoms with van der Waals surface area (Å²) in [5, 5.41) is 0. The van der Waals surface area contributed by atoms with Crippen molar-refractivity contribution in [2.24, 2.45) is 0 Å². The zero-order chi connectivity index (χ0) is 14.1. The van der Waals surface area contributed by atoms with E-state index in [1.54, 1.807) is 6.20 Å². The van der Waals surface area contributed by atoms with E-state index in [9.17, 15) is 0 Å². The standard InChI is InChI=1S/C18H12N2O/c1-2-6-13(7-3-1)14-9-10-17-16(12-14)20-18(21-17)15-8-4-5-11-19-15/h1-12H. The number of aromatic nitrogens is 2. The summed E-state index contributed by atoms with van der Waals surface area (Å²) in [6.45, 7) is 0. The number of oxazole rings is 1. The lowest BCUT2D eigenvalue weighted by Gasteiger charge is -1.99. The van der Waals surface area contributed by atoms with Crippen LogP contribution in [0.2, 0.25) is 0 Å². The van der Waals surface area contributed by atoms with Crippen molar-refractivity contribution in [1.29, 1.82) is 0 Å². The van der Waals surface area contributed by atoms with Crippen LogP contribution >= 0.6 is 0 Å². The van der Waals surface area contributed by atoms with Crippen molar-refractivity contribution in [2.75, 3.05) is 0 Å². The van der Waals surface area contributed by atoms with Crippen molar-refractivity contribution < 1.29 is 4.42 Å². The maximum Gasteiger partial charge on any atom is 0.246 e. The van der Waals surface area contributed by atoms with Crippen molar-refractivity contribution in [3.63, 3.8) is 0 Å². The molecule has 0 saturated heterocycles. The molecule has 0 atom stereocenters. The summed E-state index contributed by atoms with van der Waals surface area (Å²) in [6.07, 6.45) is 1.74. The highest BCUT2D eigenvalue weighted by Gasteiger charge is 2.09. The van der Waals surface area contributed by atoms with Gasteiger partial charge in [-0.3, -0.25) is 4.98 Å². The normalized spacial score (nSPS) is 10.9. The van der Waals surface area contributed by atoms with Gasteiger partial charge in [0.25, 0.3) is 0 Å². The van der Waals surface area contributed by atoms with Gasteiger partial charge in [0, 0.05) is 6.20 Å². The zero-order valence-electron chi connectivity index (χ0n) is 11.2. The van der Waals surface area contributed by atoms with E-state index < -0.39 is 0 Å². The number of hydrogen-bond donors (Lipinski definition) is 0. The molecule has 0 unspecified atom stereocenters. The molecule has 0 radical (unpaired) electrons. The molecule has 0 spiro atoms. The molecule has 2 heterocycles. The number of nitrogens with zero attached hydrogens (tertiary/aromatic N) is 2. The van der Waals surface area contributed by atoms with E-state index in [0.29, 0.717) is 5.89 Å². The van der Waals surface area contributed by atoms with Gasteiger partial charge in [-0.15, -0.1) is 0 Å². The number of rotatable bonds is 2. The fourth-order valence-electron chi connectivity index (χ4n) is 2.34. The Kier molecular flexibility index (Phi) is 2.75. The molecule has 3 heteroatoms. The fraction of sp³-hybridized carbons (Fsp3) is 0. The van der Waals surface area contributed by atoms with Crippen molar-refractivity contribution in [1.82, 2.24) is 9.97 Å². The van der Waals surface area contributed by atoms with Crippen LogP contribution in [0, 0.1) is 0 Å². The Labute approximate surface area is 121 Å². The molecule has 0 aliphatic rings. The summed E-state index contributed by atoms with van der Waals surface area (Å²) in [7, 11) is 0. The first-order valence-electron chi connectivity index (χ1n) is 6.77. The van der Waals surface area contributed by atoms with Crippen LogP contribution in [-0.4, -0.2) is 9.97 Å². The molecule has 4 aromatic rings. The van der Waals surface area contributed by atoms with Crippen LogP contribution < -0.4 is 0 Å². The molecular formula is C18H12N2O. The SMILES string of the molecule is c1ccc(-c2ccc3oc(-c4ccccn4)nc3c2)cc1. The highest BCUT2D eigenvalue weighted by molar-refractivity contribution is 5.82. The molecule has 2 aromatic heterocycles. The van der Waals surface area contributed by atoms with Gasteiger partial charge in [0.2, 0.25) is 5.89 Å². The first kappa shape index (κ1) is 11.9. The molecule has 100 valence electrons. The van der Waals surface area contributed by atoms with Gasteiger partial charge in [0.15, 0.2) is 5.58 Å². The lowest BCUT2D eigenvalue weighted by molar-refractivity contribution is 0.617. The molecule has 4 rings (SSSR count). The summed E-state index contributed by atoms with van der Waals surface area (Å²) >= 11 is 0. The maximum atomic E-state index is 5.77. The van der Waals surface area contributed by atoms with Gasteiger partial charge in [-0.05, 0) is 35.4 Å². The molecule has 0 fully saturated rings. The van der Waals surface area contributed by atoms with Crippen LogP contribution in [0.1, 0.15) is 0 Å². The van der Waals surface area contributed by atoms with Crippen LogP contribution in [0.25, 0.3) is 33.8 Å². The molecule has 21 heavy (non-hydrogen) atoms. The van der Waals surface area contributed by atoms with Crippen LogP contribution in [0.5, 0.6) is 0 Å². The molecule has 2 aromatic carbocycles. The number of pyridine rings is 1. The Morgan fingerprint density at radius 2 is 1.62 bits per heavy atom. The van der Waals surface area contributed by atoms with E-state index in [-0.39, 0.29) is 0 Å². The molecule has 0 aliphatic heterocycles. The summed E-state index contributed by atoms with van der Waals surface area (Å²) in [6, 6.07) is 22.0. The number of fused-ring (bicyclic) bond motifs is 1. The highest BCUT2D eigenvalue weighted by Crippen LogP contribution is 2.27. The quantitative estimate of drug-likeness (QED) is 0.537. The van der Waals surface area contributed by atoms with Gasteiger partial charge in [0.05, 0.1) is 0 Å². The minimum atomic E-state index is 0.552. The van der Waals surface area contributed by atoms with Crippen molar-refractivity contribution in [3.8, 4) is 22.7 Å². The summed E-state index contributed by atoms with van der Waals surface area (Å²) in [4.78, 5) is 8.81. The Bertz CT molecular complexity index is 845. The Balaban J connectivity index is 1.82. The second-order valence-electron chi connectivity index (χ2n) is 4.78. The first-order chi connectivity index (χ1) is 10.4. The van der Waals surface area contributed by atoms with Gasteiger partial charge in [-0.2, -0.15) is 0 Å². The smallest absolute Gasteiger partial charge is 0.246 e. The summed E-state index contributed by atoms with van der Waals surface area (Å²) < 4.78 is 5.77. The Morgan fingerprint density at radius 1 is 0.762 bits per heavy atom. The molecular weight excluding hydrogens is 260 g/mol. The summed E-state index contributed by atoms with van der Waals surface area (Å²) in [5.41, 5.74) is 4.66. The topological polar surface area (TPSA) is 38.9 Å². The molecule has 0 N–H and O–H groups in total. The zero-order valence-corrected chi connectivity index (χ0v) is 11.2. The van der Waals surface area contributed by atoms with E-state index in [2.05, 4.69) is 22.1 Å². The first-order valence-corrected chi connectivity index (χ1v) is 6.77. The van der Waals surface area contributed by atoms with E-state index in [1.165, 1.54) is 5.56 Å². The number of hydrogen-bond acceptors (Lipinski definition) is 3. The molecule has 0 aliphatic carbocycles.